The molecule has 102 valence electrons. The Morgan fingerprint density at radius 3 is 2.44 bits per heavy atom. The van der Waals surface area contributed by atoms with Gasteiger partial charge in [-0.3, -0.25) is 0 Å². The molecule has 0 saturated carbocycles. The van der Waals surface area contributed by atoms with Crippen LogP contribution in [-0.4, -0.2) is 34.4 Å². The highest BCUT2D eigenvalue weighted by Crippen LogP contribution is 2.08. The SMILES string of the molecule is CCc1nnc(OCCCNC(C)C)nc1CC. The van der Waals surface area contributed by atoms with Crippen LogP contribution in [0.5, 0.6) is 6.01 Å². The fraction of sp³-hybridized carbons (Fsp3) is 0.769. The third kappa shape index (κ3) is 4.96. The maximum Gasteiger partial charge on any atom is 0.335 e. The molecule has 5 nitrogen and oxygen atoms in total. The van der Waals surface area contributed by atoms with Crippen molar-refractivity contribution in [3.63, 3.8) is 0 Å². The highest BCUT2D eigenvalue weighted by molar-refractivity contribution is 5.11. The van der Waals surface area contributed by atoms with E-state index in [1.165, 1.54) is 0 Å². The zero-order chi connectivity index (χ0) is 13.4. The molecule has 0 fully saturated rings. The van der Waals surface area contributed by atoms with Crippen molar-refractivity contribution >= 4 is 0 Å². The van der Waals surface area contributed by atoms with E-state index < -0.39 is 0 Å². The van der Waals surface area contributed by atoms with E-state index in [1.54, 1.807) is 0 Å². The van der Waals surface area contributed by atoms with Crippen molar-refractivity contribution in [1.29, 1.82) is 0 Å². The van der Waals surface area contributed by atoms with Crippen LogP contribution in [-0.2, 0) is 12.8 Å². The predicted octanol–water partition coefficient (Wildman–Crippen LogP) is 1.76. The lowest BCUT2D eigenvalue weighted by atomic mass is 10.2. The first-order chi connectivity index (χ1) is 8.67. The van der Waals surface area contributed by atoms with Gasteiger partial charge in [0, 0.05) is 6.04 Å². The Morgan fingerprint density at radius 2 is 1.83 bits per heavy atom. The largest absolute Gasteiger partial charge is 0.462 e. The molecule has 1 rings (SSSR count). The molecule has 0 atom stereocenters. The average Bonchev–Trinajstić information content (AvgIpc) is 2.37. The summed E-state index contributed by atoms with van der Waals surface area (Å²) in [4.78, 5) is 4.38. The van der Waals surface area contributed by atoms with Gasteiger partial charge in [-0.1, -0.05) is 32.8 Å². The second-order valence-corrected chi connectivity index (χ2v) is 4.51. The van der Waals surface area contributed by atoms with Gasteiger partial charge in [-0.2, -0.15) is 4.98 Å². The number of aromatic nitrogens is 3. The summed E-state index contributed by atoms with van der Waals surface area (Å²) in [5.41, 5.74) is 1.95. The minimum Gasteiger partial charge on any atom is -0.462 e. The van der Waals surface area contributed by atoms with Gasteiger partial charge in [0.2, 0.25) is 0 Å². The topological polar surface area (TPSA) is 59.9 Å². The summed E-state index contributed by atoms with van der Waals surface area (Å²) in [6.45, 7) is 9.95. The monoisotopic (exact) mass is 252 g/mol. The van der Waals surface area contributed by atoms with Crippen LogP contribution in [0.1, 0.15) is 45.5 Å². The van der Waals surface area contributed by atoms with Crippen LogP contribution in [0.25, 0.3) is 0 Å². The number of nitrogens with one attached hydrogen (secondary N) is 1. The molecule has 1 aromatic rings. The Kier molecular flexibility index (Phi) is 6.57. The Bertz CT molecular complexity index is 355. The Hall–Kier alpha value is -1.23. The molecule has 1 heterocycles. The first-order valence-electron chi connectivity index (χ1n) is 6.76. The van der Waals surface area contributed by atoms with Crippen molar-refractivity contribution < 1.29 is 4.74 Å². The van der Waals surface area contributed by atoms with Crippen molar-refractivity contribution in [3.8, 4) is 6.01 Å². The molecule has 0 radical (unpaired) electrons. The van der Waals surface area contributed by atoms with Gasteiger partial charge < -0.3 is 10.1 Å². The van der Waals surface area contributed by atoms with E-state index in [1.807, 2.05) is 0 Å². The van der Waals surface area contributed by atoms with Crippen LogP contribution in [0.4, 0.5) is 0 Å². The van der Waals surface area contributed by atoms with E-state index in [0.717, 1.165) is 37.2 Å². The maximum atomic E-state index is 5.51. The molecule has 1 aromatic heterocycles. The first kappa shape index (κ1) is 14.8. The molecule has 5 heteroatoms. The molecular weight excluding hydrogens is 228 g/mol. The smallest absolute Gasteiger partial charge is 0.335 e. The minimum atomic E-state index is 0.397. The van der Waals surface area contributed by atoms with Crippen molar-refractivity contribution in [1.82, 2.24) is 20.5 Å². The van der Waals surface area contributed by atoms with E-state index in [4.69, 9.17) is 4.74 Å². The molecule has 0 spiro atoms. The number of rotatable bonds is 8. The van der Waals surface area contributed by atoms with Crippen molar-refractivity contribution in [2.45, 2.75) is 53.0 Å². The molecule has 0 aliphatic heterocycles. The fourth-order valence-corrected chi connectivity index (χ4v) is 1.61. The number of hydrogen-bond donors (Lipinski definition) is 1. The molecule has 0 saturated heterocycles. The highest BCUT2D eigenvalue weighted by atomic mass is 16.5. The van der Waals surface area contributed by atoms with Crippen molar-refractivity contribution in [2.75, 3.05) is 13.2 Å². The molecular formula is C13H24N4O. The second kappa shape index (κ2) is 7.97. The average molecular weight is 252 g/mol. The molecule has 0 unspecified atom stereocenters. The molecule has 0 aromatic carbocycles. The molecule has 0 aliphatic rings. The minimum absolute atomic E-state index is 0.397. The summed E-state index contributed by atoms with van der Waals surface area (Å²) < 4.78 is 5.51. The second-order valence-electron chi connectivity index (χ2n) is 4.51. The molecule has 0 bridgehead atoms. The van der Waals surface area contributed by atoms with Gasteiger partial charge in [0.25, 0.3) is 0 Å². The molecule has 0 aliphatic carbocycles. The summed E-state index contributed by atoms with van der Waals surface area (Å²) in [6, 6.07) is 0.909. The first-order valence-corrected chi connectivity index (χ1v) is 6.76. The van der Waals surface area contributed by atoms with Gasteiger partial charge in [0.05, 0.1) is 18.0 Å². The lowest BCUT2D eigenvalue weighted by Gasteiger charge is -2.09. The van der Waals surface area contributed by atoms with E-state index in [-0.39, 0.29) is 0 Å². The third-order valence-corrected chi connectivity index (χ3v) is 2.59. The lowest BCUT2D eigenvalue weighted by Crippen LogP contribution is -2.25. The third-order valence-electron chi connectivity index (χ3n) is 2.59. The van der Waals surface area contributed by atoms with Crippen LogP contribution in [0, 0.1) is 0 Å². The summed E-state index contributed by atoms with van der Waals surface area (Å²) >= 11 is 0. The summed E-state index contributed by atoms with van der Waals surface area (Å²) in [5, 5.41) is 11.5. The Balaban J connectivity index is 2.38. The van der Waals surface area contributed by atoms with Crippen LogP contribution in [0.15, 0.2) is 0 Å². The summed E-state index contributed by atoms with van der Waals surface area (Å²) in [6.07, 6.45) is 2.67. The molecule has 0 amide bonds. The summed E-state index contributed by atoms with van der Waals surface area (Å²) in [5.74, 6) is 0. The van der Waals surface area contributed by atoms with Gasteiger partial charge in [-0.15, -0.1) is 5.10 Å². The van der Waals surface area contributed by atoms with Gasteiger partial charge in [0.1, 0.15) is 0 Å². The lowest BCUT2D eigenvalue weighted by molar-refractivity contribution is 0.277. The number of ether oxygens (including phenoxy) is 1. The van der Waals surface area contributed by atoms with E-state index in [9.17, 15) is 0 Å². The number of nitrogens with zero attached hydrogens (tertiary/aromatic N) is 3. The van der Waals surface area contributed by atoms with Crippen LogP contribution in [0.2, 0.25) is 0 Å². The quantitative estimate of drug-likeness (QED) is 0.714. The van der Waals surface area contributed by atoms with Gasteiger partial charge >= 0.3 is 6.01 Å². The van der Waals surface area contributed by atoms with E-state index in [0.29, 0.717) is 18.7 Å². The molecule has 18 heavy (non-hydrogen) atoms. The highest BCUT2D eigenvalue weighted by Gasteiger charge is 2.06. The summed E-state index contributed by atoms with van der Waals surface area (Å²) in [7, 11) is 0. The van der Waals surface area contributed by atoms with Gasteiger partial charge in [-0.25, -0.2) is 0 Å². The molecule has 1 N–H and O–H groups in total. The Morgan fingerprint density at radius 1 is 1.11 bits per heavy atom. The van der Waals surface area contributed by atoms with Crippen LogP contribution in [0.3, 0.4) is 0 Å². The maximum absolute atomic E-state index is 5.51. The van der Waals surface area contributed by atoms with E-state index >= 15 is 0 Å². The van der Waals surface area contributed by atoms with Crippen LogP contribution >= 0.6 is 0 Å². The van der Waals surface area contributed by atoms with Crippen molar-refractivity contribution in [2.24, 2.45) is 0 Å². The zero-order valence-corrected chi connectivity index (χ0v) is 11.9. The zero-order valence-electron chi connectivity index (χ0n) is 11.9. The number of hydrogen-bond acceptors (Lipinski definition) is 5. The van der Waals surface area contributed by atoms with Gasteiger partial charge in [-0.05, 0) is 25.8 Å². The van der Waals surface area contributed by atoms with Crippen molar-refractivity contribution in [3.05, 3.63) is 11.4 Å². The Labute approximate surface area is 109 Å². The number of aryl methyl sites for hydroxylation is 2. The fourth-order valence-electron chi connectivity index (χ4n) is 1.61. The standard InChI is InChI=1S/C13H24N4O/c1-5-11-12(6-2)16-17-13(15-11)18-9-7-8-14-10(3)4/h10,14H,5-9H2,1-4H3. The van der Waals surface area contributed by atoms with E-state index in [2.05, 4.69) is 48.2 Å². The predicted molar refractivity (Wildman–Crippen MR) is 71.8 cm³/mol. The normalized spacial score (nSPS) is 10.9. The van der Waals surface area contributed by atoms with Crippen LogP contribution < -0.4 is 10.1 Å². The van der Waals surface area contributed by atoms with Gasteiger partial charge in [0.15, 0.2) is 0 Å².